The van der Waals surface area contributed by atoms with E-state index in [0.717, 1.165) is 5.69 Å². The Bertz CT molecular complexity index is 1280. The molecule has 1 heterocycles. The Labute approximate surface area is 213 Å². The largest absolute Gasteiger partial charge is 0.508 e. The van der Waals surface area contributed by atoms with Gasteiger partial charge in [0.1, 0.15) is 22.8 Å². The first-order valence-corrected chi connectivity index (χ1v) is 12.3. The van der Waals surface area contributed by atoms with Crippen molar-refractivity contribution in [2.24, 2.45) is 17.6 Å². The van der Waals surface area contributed by atoms with Gasteiger partial charge in [-0.15, -0.1) is 0 Å². The summed E-state index contributed by atoms with van der Waals surface area (Å²) in [6.45, 7) is 1.15. The average Bonchev–Trinajstić information content (AvgIpc) is 2.82. The maximum atomic E-state index is 13.9. The number of piperidine rings is 1. The SMILES string of the molecule is CN(C)[C@H]1C(=O)C(C(N)=O)=C(O)[C@@]2(O)C(=O)C3=C(O)c4c(O)ccc(N5CCC(O)CC5)c4C[C@H]3CC12. The predicted molar refractivity (Wildman–Crippen MR) is 132 cm³/mol. The van der Waals surface area contributed by atoms with Crippen molar-refractivity contribution in [3.05, 3.63) is 40.2 Å². The fraction of sp³-hybridized carbons (Fsp3) is 0.500. The third-order valence-electron chi connectivity index (χ3n) is 8.38. The standard InChI is InChI=1S/C26H31N3O8/c1-28(2)20-14-10-11-9-13-15(29-7-5-12(30)6-8-29)3-4-16(31)18(13)21(32)17(11)23(34)26(14,37)24(35)19(22(20)33)25(27)36/h3-4,11-12,14,20,30-32,35,37H,5-10H2,1-2H3,(H2,27,36)/t11-,14?,20+,26-/m0/s1. The number of aromatic hydroxyl groups is 1. The molecule has 2 fully saturated rings. The van der Waals surface area contributed by atoms with Gasteiger partial charge in [-0.25, -0.2) is 0 Å². The molecule has 1 saturated heterocycles. The second-order valence-corrected chi connectivity index (χ2v) is 10.6. The monoisotopic (exact) mass is 513 g/mol. The second kappa shape index (κ2) is 8.57. The number of Topliss-reactive ketones (excluding diaryl/α,β-unsaturated/α-hetero) is 2. The van der Waals surface area contributed by atoms with Gasteiger partial charge in [-0.2, -0.15) is 0 Å². The number of nitrogens with zero attached hydrogens (tertiary/aromatic N) is 2. The highest BCUT2D eigenvalue weighted by Gasteiger charge is 2.64. The number of carbonyl (C=O) groups is 3. The lowest BCUT2D eigenvalue weighted by Gasteiger charge is -2.50. The zero-order valence-corrected chi connectivity index (χ0v) is 20.6. The molecule has 1 aromatic carbocycles. The van der Waals surface area contributed by atoms with Gasteiger partial charge in [-0.3, -0.25) is 19.3 Å². The number of anilines is 1. The Hall–Kier alpha value is -3.41. The first-order chi connectivity index (χ1) is 17.4. The number of amides is 1. The molecule has 4 aliphatic rings. The van der Waals surface area contributed by atoms with Crippen molar-refractivity contribution < 1.29 is 39.9 Å². The van der Waals surface area contributed by atoms with Gasteiger partial charge in [-0.05, 0) is 63.4 Å². The summed E-state index contributed by atoms with van der Waals surface area (Å²) in [4.78, 5) is 42.6. The summed E-state index contributed by atoms with van der Waals surface area (Å²) in [7, 11) is 3.13. The molecule has 0 radical (unpaired) electrons. The quantitative estimate of drug-likeness (QED) is 0.299. The van der Waals surface area contributed by atoms with Gasteiger partial charge in [0.2, 0.25) is 5.78 Å². The van der Waals surface area contributed by atoms with Crippen LogP contribution in [0.15, 0.2) is 29.0 Å². The molecule has 0 bridgehead atoms. The lowest BCUT2D eigenvalue weighted by molar-refractivity contribution is -0.153. The van der Waals surface area contributed by atoms with Crippen LogP contribution in [0.2, 0.25) is 0 Å². The van der Waals surface area contributed by atoms with Crippen molar-refractivity contribution in [2.45, 2.75) is 43.4 Å². The highest BCUT2D eigenvalue weighted by molar-refractivity contribution is 6.24. The van der Waals surface area contributed by atoms with Crippen LogP contribution in [-0.4, -0.2) is 92.8 Å². The molecule has 11 nitrogen and oxygen atoms in total. The molecule has 1 aromatic rings. The first-order valence-electron chi connectivity index (χ1n) is 12.3. The molecule has 0 aromatic heterocycles. The summed E-state index contributed by atoms with van der Waals surface area (Å²) in [5.41, 5.74) is 3.14. The molecule has 5 rings (SSSR count). The molecule has 198 valence electrons. The van der Waals surface area contributed by atoms with Crippen LogP contribution in [0.5, 0.6) is 5.75 Å². The number of hydrogen-bond acceptors (Lipinski definition) is 10. The van der Waals surface area contributed by atoms with Gasteiger partial charge >= 0.3 is 0 Å². The van der Waals surface area contributed by atoms with E-state index in [9.17, 15) is 39.9 Å². The van der Waals surface area contributed by atoms with Crippen LogP contribution in [0.25, 0.3) is 5.76 Å². The van der Waals surface area contributed by atoms with E-state index in [2.05, 4.69) is 4.90 Å². The number of rotatable bonds is 3. The van der Waals surface area contributed by atoms with Gasteiger partial charge in [0.05, 0.1) is 17.7 Å². The fourth-order valence-corrected chi connectivity index (χ4v) is 6.63. The Balaban J connectivity index is 1.68. The van der Waals surface area contributed by atoms with E-state index >= 15 is 0 Å². The third-order valence-corrected chi connectivity index (χ3v) is 8.38. The molecule has 0 spiro atoms. The number of hydrogen-bond donors (Lipinski definition) is 6. The number of aliphatic hydroxyl groups is 4. The molecular formula is C26H31N3O8. The van der Waals surface area contributed by atoms with Gasteiger partial charge < -0.3 is 36.2 Å². The average molecular weight is 514 g/mol. The third kappa shape index (κ3) is 3.48. The minimum absolute atomic E-state index is 0.0412. The summed E-state index contributed by atoms with van der Waals surface area (Å²) in [6.07, 6.45) is 1.02. The van der Waals surface area contributed by atoms with Crippen molar-refractivity contribution >= 4 is 28.9 Å². The lowest BCUT2D eigenvalue weighted by atomic mass is 9.57. The lowest BCUT2D eigenvalue weighted by Crippen LogP contribution is -2.65. The molecule has 3 aliphatic carbocycles. The summed E-state index contributed by atoms with van der Waals surface area (Å²) < 4.78 is 0. The first kappa shape index (κ1) is 25.2. The van der Waals surface area contributed by atoms with E-state index in [0.29, 0.717) is 31.5 Å². The molecule has 1 saturated carbocycles. The normalized spacial score (nSPS) is 30.4. The smallest absolute Gasteiger partial charge is 0.255 e. The number of likely N-dealkylation sites (N-methyl/N-ethyl adjacent to an activating group) is 1. The Kier molecular flexibility index (Phi) is 5.85. The van der Waals surface area contributed by atoms with Crippen molar-refractivity contribution in [3.8, 4) is 5.75 Å². The summed E-state index contributed by atoms with van der Waals surface area (Å²) >= 11 is 0. The number of benzene rings is 1. The van der Waals surface area contributed by atoms with E-state index in [1.165, 1.54) is 11.0 Å². The van der Waals surface area contributed by atoms with Crippen LogP contribution in [-0.2, 0) is 20.8 Å². The Morgan fingerprint density at radius 1 is 1.14 bits per heavy atom. The molecule has 7 N–H and O–H groups in total. The molecule has 1 amide bonds. The van der Waals surface area contributed by atoms with Crippen LogP contribution in [0.3, 0.4) is 0 Å². The fourth-order valence-electron chi connectivity index (χ4n) is 6.63. The summed E-state index contributed by atoms with van der Waals surface area (Å²) in [5, 5.41) is 54.5. The molecular weight excluding hydrogens is 482 g/mol. The zero-order valence-electron chi connectivity index (χ0n) is 20.6. The maximum Gasteiger partial charge on any atom is 0.255 e. The summed E-state index contributed by atoms with van der Waals surface area (Å²) in [6, 6.07) is 2.04. The van der Waals surface area contributed by atoms with Gasteiger partial charge in [0.15, 0.2) is 11.4 Å². The van der Waals surface area contributed by atoms with Crippen LogP contribution >= 0.6 is 0 Å². The van der Waals surface area contributed by atoms with Crippen molar-refractivity contribution in [3.63, 3.8) is 0 Å². The minimum Gasteiger partial charge on any atom is -0.508 e. The minimum atomic E-state index is -2.65. The molecule has 1 unspecified atom stereocenters. The highest BCUT2D eigenvalue weighted by atomic mass is 16.3. The number of phenolic OH excluding ortho intramolecular Hbond substituents is 1. The summed E-state index contributed by atoms with van der Waals surface area (Å²) in [5.74, 6) is -6.67. The Morgan fingerprint density at radius 2 is 1.78 bits per heavy atom. The number of phenols is 1. The highest BCUT2D eigenvalue weighted by Crippen LogP contribution is 2.53. The maximum absolute atomic E-state index is 13.9. The molecule has 37 heavy (non-hydrogen) atoms. The van der Waals surface area contributed by atoms with Gasteiger partial charge in [0.25, 0.3) is 5.91 Å². The topological polar surface area (TPSA) is 185 Å². The van der Waals surface area contributed by atoms with Crippen LogP contribution in [0.1, 0.15) is 30.4 Å². The van der Waals surface area contributed by atoms with E-state index in [1.54, 1.807) is 20.2 Å². The molecule has 1 aliphatic heterocycles. The molecule has 4 atom stereocenters. The van der Waals surface area contributed by atoms with Crippen molar-refractivity contribution in [1.29, 1.82) is 0 Å². The predicted octanol–water partition coefficient (Wildman–Crippen LogP) is -0.0749. The van der Waals surface area contributed by atoms with Crippen molar-refractivity contribution in [2.75, 3.05) is 32.1 Å². The Morgan fingerprint density at radius 3 is 2.38 bits per heavy atom. The van der Waals surface area contributed by atoms with E-state index < -0.39 is 64.1 Å². The van der Waals surface area contributed by atoms with Crippen LogP contribution in [0.4, 0.5) is 5.69 Å². The second-order valence-electron chi connectivity index (χ2n) is 10.6. The van der Waals surface area contributed by atoms with E-state index in [1.807, 2.05) is 0 Å². The van der Waals surface area contributed by atoms with E-state index in [-0.39, 0.29) is 29.7 Å². The number of ketones is 2. The number of primary amides is 1. The number of fused-ring (bicyclic) bond motifs is 3. The number of nitrogens with two attached hydrogens (primary N) is 1. The van der Waals surface area contributed by atoms with Crippen molar-refractivity contribution in [1.82, 2.24) is 4.90 Å². The number of carbonyl (C=O) groups excluding carboxylic acids is 3. The van der Waals surface area contributed by atoms with Crippen LogP contribution in [0, 0.1) is 11.8 Å². The zero-order chi connectivity index (χ0) is 27.0. The van der Waals surface area contributed by atoms with Gasteiger partial charge in [-0.1, -0.05) is 0 Å². The number of aliphatic hydroxyl groups excluding tert-OH is 3. The van der Waals surface area contributed by atoms with Crippen LogP contribution < -0.4 is 10.6 Å². The molecule has 11 heteroatoms. The van der Waals surface area contributed by atoms with Gasteiger partial charge in [0, 0.05) is 30.3 Å². The van der Waals surface area contributed by atoms with E-state index in [4.69, 9.17) is 5.73 Å².